The SMILES string of the molecule is C[C@H]1[C@H]([Si](C)(C)O)[C@@H](CC(=O)N2Cc3ccccc3C[C@H]2CO)O[C@]12C(=O)N(Cc1cccc(N3CCNCC3=O)c1)c1ccccc12. The number of aliphatic hydroxyl groups excluding tert-OH is 1. The summed E-state index contributed by atoms with van der Waals surface area (Å²) in [6.07, 6.45) is -0.115. The maximum Gasteiger partial charge on any atom is 0.264 e. The van der Waals surface area contributed by atoms with E-state index in [1.54, 1.807) is 14.7 Å². The number of piperazine rings is 1. The predicted molar refractivity (Wildman–Crippen MR) is 185 cm³/mol. The molecule has 7 rings (SSSR count). The maximum atomic E-state index is 14.8. The predicted octanol–water partition coefficient (Wildman–Crippen LogP) is 3.30. The zero-order chi connectivity index (χ0) is 33.8. The number of fused-ring (bicyclic) bond motifs is 3. The van der Waals surface area contributed by atoms with Crippen LogP contribution in [0, 0.1) is 5.92 Å². The number of para-hydroxylation sites is 1. The molecule has 4 aliphatic rings. The minimum atomic E-state index is -2.98. The van der Waals surface area contributed by atoms with Gasteiger partial charge in [-0.15, -0.1) is 0 Å². The number of ether oxygens (including phenoxy) is 1. The summed E-state index contributed by atoms with van der Waals surface area (Å²) in [7, 11) is -2.98. The van der Waals surface area contributed by atoms with Crippen LogP contribution in [-0.2, 0) is 44.2 Å². The van der Waals surface area contributed by atoms with Gasteiger partial charge in [0.1, 0.15) is 0 Å². The zero-order valence-corrected chi connectivity index (χ0v) is 28.8. The lowest BCUT2D eigenvalue weighted by atomic mass is 9.82. The number of carbonyl (C=O) groups is 3. The van der Waals surface area contributed by atoms with Gasteiger partial charge in [0.15, 0.2) is 13.9 Å². The maximum absolute atomic E-state index is 14.8. The summed E-state index contributed by atoms with van der Waals surface area (Å²) in [6, 6.07) is 23.0. The summed E-state index contributed by atoms with van der Waals surface area (Å²) >= 11 is 0. The Hall–Kier alpha value is -3.87. The molecule has 3 aromatic rings. The van der Waals surface area contributed by atoms with Gasteiger partial charge < -0.3 is 34.7 Å². The van der Waals surface area contributed by atoms with E-state index in [9.17, 15) is 24.3 Å². The number of aliphatic hydroxyl groups is 1. The number of hydrogen-bond donors (Lipinski definition) is 3. The molecule has 4 heterocycles. The van der Waals surface area contributed by atoms with Crippen molar-refractivity contribution >= 4 is 37.4 Å². The van der Waals surface area contributed by atoms with Gasteiger partial charge in [0.25, 0.3) is 5.91 Å². The molecule has 3 N–H and O–H groups in total. The largest absolute Gasteiger partial charge is 0.432 e. The molecule has 0 aliphatic carbocycles. The van der Waals surface area contributed by atoms with Gasteiger partial charge >= 0.3 is 0 Å². The van der Waals surface area contributed by atoms with Crippen LogP contribution in [0.5, 0.6) is 0 Å². The fourth-order valence-electron chi connectivity index (χ4n) is 8.61. The molecular formula is C37H44N4O6Si. The number of benzene rings is 3. The molecule has 3 amide bonds. The third-order valence-electron chi connectivity index (χ3n) is 10.8. The van der Waals surface area contributed by atoms with Gasteiger partial charge in [0, 0.05) is 42.3 Å². The Morgan fingerprint density at radius 1 is 1.04 bits per heavy atom. The molecule has 48 heavy (non-hydrogen) atoms. The molecule has 0 bridgehead atoms. The van der Waals surface area contributed by atoms with Crippen molar-refractivity contribution in [3.8, 4) is 0 Å². The Morgan fingerprint density at radius 2 is 1.79 bits per heavy atom. The summed E-state index contributed by atoms with van der Waals surface area (Å²) in [5, 5.41) is 13.4. The first-order valence-corrected chi connectivity index (χ1v) is 19.9. The van der Waals surface area contributed by atoms with Crippen molar-refractivity contribution in [2.75, 3.05) is 36.0 Å². The van der Waals surface area contributed by atoms with Crippen molar-refractivity contribution in [3.63, 3.8) is 0 Å². The molecule has 2 saturated heterocycles. The highest BCUT2D eigenvalue weighted by Gasteiger charge is 2.66. The number of hydrogen-bond acceptors (Lipinski definition) is 7. The average molecular weight is 669 g/mol. The third kappa shape index (κ3) is 5.47. The summed E-state index contributed by atoms with van der Waals surface area (Å²) < 4.78 is 6.91. The van der Waals surface area contributed by atoms with Gasteiger partial charge in [-0.05, 0) is 54.4 Å². The fourth-order valence-corrected chi connectivity index (χ4v) is 11.2. The number of carbonyl (C=O) groups excluding carboxylic acids is 3. The van der Waals surface area contributed by atoms with Crippen LogP contribution in [-0.4, -0.2) is 79.2 Å². The van der Waals surface area contributed by atoms with Gasteiger partial charge in [0.05, 0.1) is 44.0 Å². The van der Waals surface area contributed by atoms with Crippen LogP contribution in [0.4, 0.5) is 11.4 Å². The Morgan fingerprint density at radius 3 is 2.54 bits per heavy atom. The molecule has 0 aromatic heterocycles. The van der Waals surface area contributed by atoms with Crippen molar-refractivity contribution in [1.29, 1.82) is 0 Å². The fraction of sp³-hybridized carbons (Fsp3) is 0.432. The van der Waals surface area contributed by atoms with E-state index in [1.807, 2.05) is 92.8 Å². The minimum absolute atomic E-state index is 0.00261. The van der Waals surface area contributed by atoms with E-state index in [0.29, 0.717) is 32.6 Å². The van der Waals surface area contributed by atoms with E-state index < -0.39 is 31.5 Å². The summed E-state index contributed by atoms with van der Waals surface area (Å²) in [5.41, 5.74) is 3.59. The quantitative estimate of drug-likeness (QED) is 0.331. The molecule has 4 aliphatic heterocycles. The Bertz CT molecular complexity index is 1740. The van der Waals surface area contributed by atoms with Gasteiger partial charge in [-0.1, -0.05) is 61.5 Å². The molecule has 0 saturated carbocycles. The lowest BCUT2D eigenvalue weighted by Crippen LogP contribution is -2.48. The first-order valence-electron chi connectivity index (χ1n) is 16.9. The normalized spacial score (nSPS) is 27.1. The Balaban J connectivity index is 1.19. The number of nitrogens with one attached hydrogen (secondary N) is 1. The second kappa shape index (κ2) is 12.5. The molecule has 2 fully saturated rings. The van der Waals surface area contributed by atoms with Crippen molar-refractivity contribution < 1.29 is 29.0 Å². The summed E-state index contributed by atoms with van der Waals surface area (Å²) in [6.45, 7) is 7.79. The van der Waals surface area contributed by atoms with E-state index in [-0.39, 0.29) is 43.3 Å². The molecule has 1 spiro atoms. The number of amides is 3. The molecule has 11 heteroatoms. The molecule has 5 atom stereocenters. The molecule has 0 radical (unpaired) electrons. The van der Waals surface area contributed by atoms with Gasteiger partial charge in [-0.3, -0.25) is 14.4 Å². The van der Waals surface area contributed by atoms with E-state index in [1.165, 1.54) is 0 Å². The second-order valence-corrected chi connectivity index (χ2v) is 18.2. The molecular weight excluding hydrogens is 625 g/mol. The van der Waals surface area contributed by atoms with Crippen molar-refractivity contribution in [1.82, 2.24) is 10.2 Å². The lowest BCUT2D eigenvalue weighted by Gasteiger charge is -2.37. The Labute approximate surface area is 282 Å². The third-order valence-corrected chi connectivity index (χ3v) is 13.3. The first kappa shape index (κ1) is 32.7. The van der Waals surface area contributed by atoms with Gasteiger partial charge in [-0.2, -0.15) is 0 Å². The highest BCUT2D eigenvalue weighted by molar-refractivity contribution is 6.71. The molecule has 0 unspecified atom stereocenters. The van der Waals surface area contributed by atoms with Crippen molar-refractivity contribution in [2.24, 2.45) is 5.92 Å². The van der Waals surface area contributed by atoms with Crippen LogP contribution >= 0.6 is 0 Å². The topological polar surface area (TPSA) is 123 Å². The van der Waals surface area contributed by atoms with E-state index >= 15 is 0 Å². The van der Waals surface area contributed by atoms with Gasteiger partial charge in [-0.25, -0.2) is 0 Å². The highest BCUT2D eigenvalue weighted by atomic mass is 28.4. The van der Waals surface area contributed by atoms with Crippen LogP contribution in [0.15, 0.2) is 72.8 Å². The van der Waals surface area contributed by atoms with Gasteiger partial charge in [0.2, 0.25) is 11.8 Å². The van der Waals surface area contributed by atoms with E-state index in [4.69, 9.17) is 4.74 Å². The smallest absolute Gasteiger partial charge is 0.264 e. The van der Waals surface area contributed by atoms with E-state index in [2.05, 4.69) is 5.32 Å². The van der Waals surface area contributed by atoms with Crippen LogP contribution in [0.1, 0.15) is 35.6 Å². The van der Waals surface area contributed by atoms with Crippen molar-refractivity contribution in [2.45, 2.75) is 69.2 Å². The molecule has 3 aromatic carbocycles. The van der Waals surface area contributed by atoms with Crippen LogP contribution < -0.4 is 15.1 Å². The lowest BCUT2D eigenvalue weighted by molar-refractivity contribution is -0.151. The molecule has 10 nitrogen and oxygen atoms in total. The van der Waals surface area contributed by atoms with Crippen LogP contribution in [0.3, 0.4) is 0 Å². The monoisotopic (exact) mass is 668 g/mol. The second-order valence-electron chi connectivity index (χ2n) is 14.2. The Kier molecular flexibility index (Phi) is 8.53. The number of nitrogens with zero attached hydrogens (tertiary/aromatic N) is 3. The first-order chi connectivity index (χ1) is 23.0. The average Bonchev–Trinajstić information content (AvgIpc) is 3.50. The van der Waals surface area contributed by atoms with Crippen LogP contribution in [0.25, 0.3) is 0 Å². The number of anilines is 2. The molecule has 252 valence electrons. The van der Waals surface area contributed by atoms with Crippen LogP contribution in [0.2, 0.25) is 18.6 Å². The summed E-state index contributed by atoms with van der Waals surface area (Å²) in [4.78, 5) is 58.4. The number of rotatable bonds is 7. The van der Waals surface area contributed by atoms with Crippen molar-refractivity contribution in [3.05, 3.63) is 95.1 Å². The van der Waals surface area contributed by atoms with E-state index in [0.717, 1.165) is 33.6 Å². The standard InChI is InChI=1S/C37H44N4O6Si/c1-24-35(48(2,3)46)32(19-33(43)40-22-27-11-5-4-10-26(27)18-29(40)23-42)47-37(24)30-13-6-7-14-31(30)41(36(37)45)21-25-9-8-12-28(17-25)39-16-15-38-20-34(39)44/h4-14,17,24,29,32,35,38,42,46H,15-16,18-23H2,1-3H3/t24-,29-,32+,35-,37+/m0/s1. The minimum Gasteiger partial charge on any atom is -0.432 e. The zero-order valence-electron chi connectivity index (χ0n) is 27.8. The highest BCUT2D eigenvalue weighted by Crippen LogP contribution is 2.59. The summed E-state index contributed by atoms with van der Waals surface area (Å²) in [5.74, 6) is -0.759.